The van der Waals surface area contributed by atoms with Gasteiger partial charge in [0, 0.05) is 5.56 Å². The van der Waals surface area contributed by atoms with Crippen molar-refractivity contribution in [1.82, 2.24) is 0 Å². The lowest BCUT2D eigenvalue weighted by Gasteiger charge is -2.32. The van der Waals surface area contributed by atoms with Crippen molar-refractivity contribution in [3.05, 3.63) is 22.8 Å². The maximum absolute atomic E-state index is 11.7. The fourth-order valence-corrected chi connectivity index (χ4v) is 3.36. The predicted octanol–water partition coefficient (Wildman–Crippen LogP) is 3.56. The maximum atomic E-state index is 11.7. The second-order valence-electron chi connectivity index (χ2n) is 5.72. The number of carbonyl (C=O) groups is 1. The third kappa shape index (κ3) is 2.85. The Kier molecular flexibility index (Phi) is 4.76. The highest BCUT2D eigenvalue weighted by atomic mass is 16.5. The SMILES string of the molecule is COC(=O)C[C@@H]1CC[C@H](C)c2c1cc(C)c(OC)c2OC. The zero-order valence-electron chi connectivity index (χ0n) is 13.5. The molecule has 0 saturated carbocycles. The second-order valence-corrected chi connectivity index (χ2v) is 5.72. The molecule has 21 heavy (non-hydrogen) atoms. The van der Waals surface area contributed by atoms with Crippen molar-refractivity contribution in [2.24, 2.45) is 0 Å². The lowest BCUT2D eigenvalue weighted by atomic mass is 9.75. The molecule has 0 saturated heterocycles. The van der Waals surface area contributed by atoms with Gasteiger partial charge in [0.15, 0.2) is 11.5 Å². The zero-order chi connectivity index (χ0) is 15.6. The third-order valence-electron chi connectivity index (χ3n) is 4.42. The number of hydrogen-bond acceptors (Lipinski definition) is 4. The number of aryl methyl sites for hydroxylation is 1. The molecule has 0 aliphatic heterocycles. The molecule has 1 aromatic carbocycles. The van der Waals surface area contributed by atoms with E-state index in [2.05, 4.69) is 13.0 Å². The van der Waals surface area contributed by atoms with Crippen molar-refractivity contribution < 1.29 is 19.0 Å². The number of hydrogen-bond donors (Lipinski definition) is 0. The van der Waals surface area contributed by atoms with Crippen molar-refractivity contribution in [2.75, 3.05) is 21.3 Å². The molecule has 0 aromatic heterocycles. The highest BCUT2D eigenvalue weighted by Crippen LogP contribution is 2.49. The summed E-state index contributed by atoms with van der Waals surface area (Å²) in [4.78, 5) is 11.7. The van der Waals surface area contributed by atoms with Crippen LogP contribution in [0.2, 0.25) is 0 Å². The van der Waals surface area contributed by atoms with E-state index in [1.807, 2.05) is 6.92 Å². The van der Waals surface area contributed by atoms with Gasteiger partial charge in [0.2, 0.25) is 0 Å². The summed E-state index contributed by atoms with van der Waals surface area (Å²) in [5, 5.41) is 0. The fourth-order valence-electron chi connectivity index (χ4n) is 3.36. The topological polar surface area (TPSA) is 44.8 Å². The Labute approximate surface area is 126 Å². The molecule has 0 bridgehead atoms. The Hall–Kier alpha value is -1.71. The second kappa shape index (κ2) is 6.37. The van der Waals surface area contributed by atoms with Gasteiger partial charge in [-0.2, -0.15) is 0 Å². The number of benzene rings is 1. The minimum atomic E-state index is -0.159. The van der Waals surface area contributed by atoms with Crippen LogP contribution < -0.4 is 9.47 Å². The Bertz CT molecular complexity index is 536. The van der Waals surface area contributed by atoms with E-state index in [9.17, 15) is 4.79 Å². The largest absolute Gasteiger partial charge is 0.493 e. The minimum absolute atomic E-state index is 0.159. The van der Waals surface area contributed by atoms with Gasteiger partial charge in [-0.15, -0.1) is 0 Å². The summed E-state index contributed by atoms with van der Waals surface area (Å²) in [6, 6.07) is 2.14. The molecular weight excluding hydrogens is 268 g/mol. The molecule has 0 amide bonds. The number of ether oxygens (including phenoxy) is 3. The molecule has 4 nitrogen and oxygen atoms in total. The Morgan fingerprint density at radius 3 is 2.43 bits per heavy atom. The van der Waals surface area contributed by atoms with E-state index in [1.54, 1.807) is 14.2 Å². The molecule has 0 radical (unpaired) electrons. The first-order valence-electron chi connectivity index (χ1n) is 7.35. The average Bonchev–Trinajstić information content (AvgIpc) is 2.48. The van der Waals surface area contributed by atoms with E-state index in [4.69, 9.17) is 14.2 Å². The fraction of sp³-hybridized carbons (Fsp3) is 0.588. The highest BCUT2D eigenvalue weighted by Gasteiger charge is 2.31. The lowest BCUT2D eigenvalue weighted by Crippen LogP contribution is -2.18. The van der Waals surface area contributed by atoms with Gasteiger partial charge in [0.05, 0.1) is 27.8 Å². The van der Waals surface area contributed by atoms with Crippen molar-refractivity contribution in [1.29, 1.82) is 0 Å². The van der Waals surface area contributed by atoms with Crippen LogP contribution in [0.5, 0.6) is 11.5 Å². The van der Waals surface area contributed by atoms with Crippen molar-refractivity contribution in [3.63, 3.8) is 0 Å². The van der Waals surface area contributed by atoms with Gasteiger partial charge >= 0.3 is 5.97 Å². The van der Waals surface area contributed by atoms with Crippen LogP contribution in [-0.4, -0.2) is 27.3 Å². The van der Waals surface area contributed by atoms with Gasteiger partial charge in [-0.05, 0) is 42.7 Å². The smallest absolute Gasteiger partial charge is 0.306 e. The van der Waals surface area contributed by atoms with Crippen LogP contribution in [0.4, 0.5) is 0 Å². The zero-order valence-corrected chi connectivity index (χ0v) is 13.5. The summed E-state index contributed by atoms with van der Waals surface area (Å²) in [5.74, 6) is 2.05. The quantitative estimate of drug-likeness (QED) is 0.796. The van der Waals surface area contributed by atoms with E-state index in [0.717, 1.165) is 29.9 Å². The van der Waals surface area contributed by atoms with E-state index in [-0.39, 0.29) is 11.9 Å². The first kappa shape index (κ1) is 15.7. The molecule has 2 atom stereocenters. The monoisotopic (exact) mass is 292 g/mol. The molecular formula is C17H24O4. The minimum Gasteiger partial charge on any atom is -0.493 e. The summed E-state index contributed by atoms with van der Waals surface area (Å²) in [6.45, 7) is 4.21. The van der Waals surface area contributed by atoms with Crippen LogP contribution in [0.1, 0.15) is 54.7 Å². The van der Waals surface area contributed by atoms with E-state index >= 15 is 0 Å². The molecule has 1 aromatic rings. The number of esters is 1. The van der Waals surface area contributed by atoms with Gasteiger partial charge in [0.25, 0.3) is 0 Å². The first-order valence-corrected chi connectivity index (χ1v) is 7.35. The van der Waals surface area contributed by atoms with Crippen molar-refractivity contribution in [3.8, 4) is 11.5 Å². The van der Waals surface area contributed by atoms with E-state index in [0.29, 0.717) is 12.3 Å². The average molecular weight is 292 g/mol. The summed E-state index contributed by atoms with van der Waals surface area (Å²) < 4.78 is 16.0. The van der Waals surface area contributed by atoms with Crippen LogP contribution in [-0.2, 0) is 9.53 Å². The van der Waals surface area contributed by atoms with E-state index in [1.165, 1.54) is 18.2 Å². The summed E-state index contributed by atoms with van der Waals surface area (Å²) in [5.41, 5.74) is 3.42. The van der Waals surface area contributed by atoms with Gasteiger partial charge in [-0.1, -0.05) is 13.0 Å². The van der Waals surface area contributed by atoms with Gasteiger partial charge < -0.3 is 14.2 Å². The van der Waals surface area contributed by atoms with Crippen LogP contribution in [0.15, 0.2) is 6.07 Å². The Morgan fingerprint density at radius 1 is 1.19 bits per heavy atom. The van der Waals surface area contributed by atoms with Crippen molar-refractivity contribution in [2.45, 2.75) is 44.9 Å². The molecule has 116 valence electrons. The number of rotatable bonds is 4. The number of methoxy groups -OCH3 is 3. The summed E-state index contributed by atoms with van der Waals surface area (Å²) in [7, 11) is 4.78. The van der Waals surface area contributed by atoms with E-state index < -0.39 is 0 Å². The molecule has 2 rings (SSSR count). The summed E-state index contributed by atoms with van der Waals surface area (Å²) >= 11 is 0. The van der Waals surface area contributed by atoms with Gasteiger partial charge in [-0.3, -0.25) is 4.79 Å². The molecule has 0 unspecified atom stereocenters. The third-order valence-corrected chi connectivity index (χ3v) is 4.42. The first-order chi connectivity index (χ1) is 10.0. The van der Waals surface area contributed by atoms with Crippen LogP contribution in [0, 0.1) is 6.92 Å². The standard InChI is InChI=1S/C17H24O4/c1-10-6-7-12(9-14(18)19-3)13-8-11(2)16(20-4)17(21-5)15(10)13/h8,10,12H,6-7,9H2,1-5H3/t10-,12-/m0/s1. The normalized spacial score (nSPS) is 20.6. The number of carbonyl (C=O) groups excluding carboxylic acids is 1. The molecule has 0 heterocycles. The molecule has 1 aliphatic rings. The maximum Gasteiger partial charge on any atom is 0.306 e. The lowest BCUT2D eigenvalue weighted by molar-refractivity contribution is -0.141. The molecule has 0 spiro atoms. The number of fused-ring (bicyclic) bond motifs is 1. The Balaban J connectivity index is 2.54. The molecule has 1 aliphatic carbocycles. The van der Waals surface area contributed by atoms with Crippen LogP contribution in [0.3, 0.4) is 0 Å². The molecule has 4 heteroatoms. The Morgan fingerprint density at radius 2 is 1.86 bits per heavy atom. The molecule has 0 fully saturated rings. The highest BCUT2D eigenvalue weighted by molar-refractivity contribution is 5.71. The van der Waals surface area contributed by atoms with Gasteiger partial charge in [-0.25, -0.2) is 0 Å². The predicted molar refractivity (Wildman–Crippen MR) is 81.3 cm³/mol. The summed E-state index contributed by atoms with van der Waals surface area (Å²) in [6.07, 6.45) is 2.46. The van der Waals surface area contributed by atoms with Gasteiger partial charge in [0.1, 0.15) is 0 Å². The van der Waals surface area contributed by atoms with Crippen LogP contribution in [0.25, 0.3) is 0 Å². The van der Waals surface area contributed by atoms with Crippen molar-refractivity contribution >= 4 is 5.97 Å². The van der Waals surface area contributed by atoms with Crippen LogP contribution >= 0.6 is 0 Å². The molecule has 0 N–H and O–H groups in total.